The van der Waals surface area contributed by atoms with Crippen LogP contribution in [0.1, 0.15) is 22.7 Å². The lowest BCUT2D eigenvalue weighted by Crippen LogP contribution is -2.49. The molecule has 2 N–H and O–H groups in total. The molecule has 2 aromatic rings. The van der Waals surface area contributed by atoms with Gasteiger partial charge in [0, 0.05) is 32.2 Å². The third-order valence-corrected chi connectivity index (χ3v) is 4.91. The molecule has 2 aromatic carbocycles. The van der Waals surface area contributed by atoms with Crippen molar-refractivity contribution in [2.45, 2.75) is 19.4 Å². The van der Waals surface area contributed by atoms with E-state index in [1.165, 1.54) is 17.2 Å². The largest absolute Gasteiger partial charge is 0.355 e. The molecular formula is C21H27ClFN3O. The van der Waals surface area contributed by atoms with Crippen molar-refractivity contribution in [1.82, 2.24) is 15.5 Å². The smallest absolute Gasteiger partial charge is 0.234 e. The summed E-state index contributed by atoms with van der Waals surface area (Å²) in [5.74, 6) is -0.224. The van der Waals surface area contributed by atoms with Gasteiger partial charge in [0.1, 0.15) is 5.82 Å². The first-order chi connectivity index (χ1) is 12.6. The molecule has 4 nitrogen and oxygen atoms in total. The zero-order valence-electron chi connectivity index (χ0n) is 15.6. The fraction of sp³-hybridized carbons (Fsp3) is 0.381. The van der Waals surface area contributed by atoms with Crippen LogP contribution in [-0.2, 0) is 11.2 Å². The van der Waals surface area contributed by atoms with Gasteiger partial charge in [-0.2, -0.15) is 0 Å². The van der Waals surface area contributed by atoms with Crippen molar-refractivity contribution in [1.29, 1.82) is 0 Å². The summed E-state index contributed by atoms with van der Waals surface area (Å²) < 4.78 is 13.6. The average molecular weight is 392 g/mol. The van der Waals surface area contributed by atoms with Gasteiger partial charge in [-0.3, -0.25) is 9.69 Å². The van der Waals surface area contributed by atoms with E-state index in [0.717, 1.165) is 31.6 Å². The van der Waals surface area contributed by atoms with E-state index in [2.05, 4.69) is 34.6 Å². The second-order valence-electron chi connectivity index (χ2n) is 6.77. The third kappa shape index (κ3) is 6.03. The van der Waals surface area contributed by atoms with Gasteiger partial charge in [-0.05, 0) is 42.2 Å². The molecule has 3 rings (SSSR count). The Balaban J connectivity index is 0.00000261. The van der Waals surface area contributed by atoms with Gasteiger partial charge in [0.05, 0.1) is 6.54 Å². The molecule has 0 spiro atoms. The maximum absolute atomic E-state index is 13.6. The fourth-order valence-electron chi connectivity index (χ4n) is 3.45. The lowest BCUT2D eigenvalue weighted by molar-refractivity contribution is -0.123. The summed E-state index contributed by atoms with van der Waals surface area (Å²) in [6, 6.07) is 14.9. The number of benzene rings is 2. The fourth-order valence-corrected chi connectivity index (χ4v) is 3.45. The molecule has 0 aromatic heterocycles. The summed E-state index contributed by atoms with van der Waals surface area (Å²) in [6.07, 6.45) is 0.827. The highest BCUT2D eigenvalue weighted by Crippen LogP contribution is 2.22. The minimum Gasteiger partial charge on any atom is -0.355 e. The van der Waals surface area contributed by atoms with Crippen LogP contribution in [0.15, 0.2) is 48.5 Å². The van der Waals surface area contributed by atoms with Crippen molar-refractivity contribution in [2.75, 3.05) is 32.7 Å². The third-order valence-electron chi connectivity index (χ3n) is 4.91. The van der Waals surface area contributed by atoms with Crippen LogP contribution in [0.25, 0.3) is 0 Å². The van der Waals surface area contributed by atoms with Crippen molar-refractivity contribution < 1.29 is 9.18 Å². The molecule has 27 heavy (non-hydrogen) atoms. The van der Waals surface area contributed by atoms with Crippen LogP contribution < -0.4 is 10.6 Å². The molecule has 1 aliphatic rings. The Labute approximate surface area is 166 Å². The Morgan fingerprint density at radius 3 is 2.85 bits per heavy atom. The molecule has 6 heteroatoms. The van der Waals surface area contributed by atoms with E-state index in [-0.39, 0.29) is 30.2 Å². The molecule has 1 unspecified atom stereocenters. The van der Waals surface area contributed by atoms with Crippen molar-refractivity contribution in [3.63, 3.8) is 0 Å². The Hall–Kier alpha value is -1.95. The predicted molar refractivity (Wildman–Crippen MR) is 109 cm³/mol. The summed E-state index contributed by atoms with van der Waals surface area (Å²) in [4.78, 5) is 14.5. The van der Waals surface area contributed by atoms with Crippen LogP contribution in [0.5, 0.6) is 0 Å². The molecule has 1 aliphatic heterocycles. The predicted octanol–water partition coefficient (Wildman–Crippen LogP) is 2.86. The van der Waals surface area contributed by atoms with E-state index in [1.54, 1.807) is 12.1 Å². The number of amides is 1. The number of piperazine rings is 1. The summed E-state index contributed by atoms with van der Waals surface area (Å²) in [5, 5.41) is 6.35. The number of halogens is 2. The van der Waals surface area contributed by atoms with Crippen LogP contribution in [0.3, 0.4) is 0 Å². The molecule has 1 heterocycles. The normalized spacial score (nSPS) is 17.2. The van der Waals surface area contributed by atoms with Crippen LogP contribution in [0.2, 0.25) is 0 Å². The number of carbonyl (C=O) groups excluding carboxylic acids is 1. The van der Waals surface area contributed by atoms with E-state index in [0.29, 0.717) is 13.1 Å². The van der Waals surface area contributed by atoms with Crippen LogP contribution in [0.4, 0.5) is 4.39 Å². The minimum atomic E-state index is -0.240. The number of carbonyl (C=O) groups is 1. The highest BCUT2D eigenvalue weighted by atomic mass is 35.5. The molecule has 1 saturated heterocycles. The number of hydrogen-bond acceptors (Lipinski definition) is 3. The minimum absolute atomic E-state index is 0. The lowest BCUT2D eigenvalue weighted by atomic mass is 10.0. The number of rotatable bonds is 6. The van der Waals surface area contributed by atoms with E-state index in [9.17, 15) is 9.18 Å². The lowest BCUT2D eigenvalue weighted by Gasteiger charge is -2.36. The van der Waals surface area contributed by atoms with E-state index >= 15 is 0 Å². The highest BCUT2D eigenvalue weighted by molar-refractivity contribution is 5.85. The first kappa shape index (κ1) is 21.4. The SMILES string of the molecule is Cc1ccccc1CCNC(=O)CN1CCNCC1c1cccc(F)c1.Cl. The molecular weight excluding hydrogens is 365 g/mol. The molecule has 1 fully saturated rings. The van der Waals surface area contributed by atoms with Gasteiger partial charge in [0.25, 0.3) is 0 Å². The monoisotopic (exact) mass is 391 g/mol. The molecule has 0 bridgehead atoms. The number of aryl methyl sites for hydroxylation is 1. The number of nitrogens with zero attached hydrogens (tertiary/aromatic N) is 1. The second kappa shape index (κ2) is 10.4. The van der Waals surface area contributed by atoms with E-state index < -0.39 is 0 Å². The Bertz CT molecular complexity index is 756. The van der Waals surface area contributed by atoms with Crippen molar-refractivity contribution in [3.8, 4) is 0 Å². The van der Waals surface area contributed by atoms with Crippen LogP contribution >= 0.6 is 12.4 Å². The second-order valence-corrected chi connectivity index (χ2v) is 6.77. The van der Waals surface area contributed by atoms with Gasteiger partial charge in [-0.15, -0.1) is 12.4 Å². The van der Waals surface area contributed by atoms with Gasteiger partial charge in [0.15, 0.2) is 0 Å². The van der Waals surface area contributed by atoms with Gasteiger partial charge in [-0.1, -0.05) is 36.4 Å². The van der Waals surface area contributed by atoms with Gasteiger partial charge in [-0.25, -0.2) is 4.39 Å². The Morgan fingerprint density at radius 1 is 1.26 bits per heavy atom. The van der Waals surface area contributed by atoms with E-state index in [1.807, 2.05) is 18.2 Å². The molecule has 1 amide bonds. The summed E-state index contributed by atoms with van der Waals surface area (Å²) in [7, 11) is 0. The van der Waals surface area contributed by atoms with Gasteiger partial charge >= 0.3 is 0 Å². The topological polar surface area (TPSA) is 44.4 Å². The van der Waals surface area contributed by atoms with Crippen LogP contribution in [-0.4, -0.2) is 43.5 Å². The molecule has 146 valence electrons. The standard InChI is InChI=1S/C21H26FN3O.ClH/c1-16-5-2-3-6-17(16)9-10-24-21(26)15-25-12-11-23-14-20(25)18-7-4-8-19(22)13-18;/h2-8,13,20,23H,9-12,14-15H2,1H3,(H,24,26);1H. The quantitative estimate of drug-likeness (QED) is 0.795. The van der Waals surface area contributed by atoms with Gasteiger partial charge < -0.3 is 10.6 Å². The van der Waals surface area contributed by atoms with Crippen molar-refractivity contribution in [3.05, 3.63) is 71.0 Å². The molecule has 0 radical (unpaired) electrons. The van der Waals surface area contributed by atoms with Crippen LogP contribution in [0, 0.1) is 12.7 Å². The Kier molecular flexibility index (Phi) is 8.23. The average Bonchev–Trinajstić information content (AvgIpc) is 2.64. The maximum atomic E-state index is 13.6. The molecule has 0 saturated carbocycles. The summed E-state index contributed by atoms with van der Waals surface area (Å²) >= 11 is 0. The molecule has 1 atom stereocenters. The zero-order valence-corrected chi connectivity index (χ0v) is 16.4. The highest BCUT2D eigenvalue weighted by Gasteiger charge is 2.25. The van der Waals surface area contributed by atoms with E-state index in [4.69, 9.17) is 0 Å². The molecule has 0 aliphatic carbocycles. The first-order valence-corrected chi connectivity index (χ1v) is 9.15. The summed E-state index contributed by atoms with van der Waals surface area (Å²) in [5.41, 5.74) is 3.41. The number of hydrogen-bond donors (Lipinski definition) is 2. The number of nitrogens with one attached hydrogen (secondary N) is 2. The van der Waals surface area contributed by atoms with Crippen molar-refractivity contribution in [2.24, 2.45) is 0 Å². The van der Waals surface area contributed by atoms with Gasteiger partial charge in [0.2, 0.25) is 5.91 Å². The van der Waals surface area contributed by atoms with Crippen molar-refractivity contribution >= 4 is 18.3 Å². The Morgan fingerprint density at radius 2 is 2.07 bits per heavy atom. The first-order valence-electron chi connectivity index (χ1n) is 9.15. The zero-order chi connectivity index (χ0) is 18.4. The summed E-state index contributed by atoms with van der Waals surface area (Å²) in [6.45, 7) is 5.37. The maximum Gasteiger partial charge on any atom is 0.234 e.